The lowest BCUT2D eigenvalue weighted by atomic mass is 9.97. The Labute approximate surface area is 133 Å². The molecule has 0 bridgehead atoms. The number of carbonyl (C=O) groups excluding carboxylic acids is 1. The Morgan fingerprint density at radius 3 is 2.96 bits per heavy atom. The molecule has 1 aliphatic rings. The van der Waals surface area contributed by atoms with Gasteiger partial charge in [-0.1, -0.05) is 6.07 Å². The van der Waals surface area contributed by atoms with Gasteiger partial charge in [0.05, 0.1) is 19.3 Å². The van der Waals surface area contributed by atoms with Gasteiger partial charge in [0.2, 0.25) is 0 Å². The first kappa shape index (κ1) is 15.5. The van der Waals surface area contributed by atoms with E-state index in [1.54, 1.807) is 12.3 Å². The molecule has 6 nitrogen and oxygen atoms in total. The third kappa shape index (κ3) is 2.79. The molecule has 1 amide bonds. The number of amides is 1. The highest BCUT2D eigenvalue weighted by atomic mass is 19.1. The van der Waals surface area contributed by atoms with Crippen molar-refractivity contribution in [3.63, 3.8) is 0 Å². The van der Waals surface area contributed by atoms with Crippen molar-refractivity contribution < 1.29 is 18.7 Å². The summed E-state index contributed by atoms with van der Waals surface area (Å²) < 4.78 is 24.7. The molecule has 2 aromatic rings. The summed E-state index contributed by atoms with van der Waals surface area (Å²) in [5, 5.41) is 2.88. The van der Waals surface area contributed by atoms with Gasteiger partial charge in [-0.05, 0) is 19.1 Å². The summed E-state index contributed by atoms with van der Waals surface area (Å²) in [5.74, 6) is -0.564. The zero-order chi connectivity index (χ0) is 16.4. The number of aromatic nitrogens is 2. The van der Waals surface area contributed by atoms with Gasteiger partial charge in [-0.25, -0.2) is 9.37 Å². The zero-order valence-corrected chi connectivity index (χ0v) is 13.0. The van der Waals surface area contributed by atoms with Crippen LogP contribution in [0.4, 0.5) is 4.39 Å². The van der Waals surface area contributed by atoms with Crippen molar-refractivity contribution in [2.24, 2.45) is 0 Å². The molecule has 1 fully saturated rings. The minimum atomic E-state index is -0.777. The van der Waals surface area contributed by atoms with Crippen LogP contribution in [0.25, 0.3) is 0 Å². The van der Waals surface area contributed by atoms with Crippen molar-refractivity contribution >= 4 is 5.91 Å². The molecule has 3 rings (SSSR count). The second kappa shape index (κ2) is 6.00. The Bertz CT molecular complexity index is 723. The number of aryl methyl sites for hydroxylation is 1. The summed E-state index contributed by atoms with van der Waals surface area (Å²) in [7, 11) is 1.36. The summed E-state index contributed by atoms with van der Waals surface area (Å²) in [4.78, 5) is 20.0. The lowest BCUT2D eigenvalue weighted by Gasteiger charge is -2.26. The first-order valence-electron chi connectivity index (χ1n) is 7.30. The standard InChI is InChI=1S/C16H18FN3O3/c1-10-8-18-15(19-10)16(6-7-23-9-16)20-14(21)11-4-3-5-12(22-2)13(11)17/h3-5,8H,6-7,9H2,1-2H3,(H,18,19)(H,20,21). The van der Waals surface area contributed by atoms with Gasteiger partial charge in [-0.15, -0.1) is 0 Å². The van der Waals surface area contributed by atoms with Gasteiger partial charge in [-0.2, -0.15) is 0 Å². The minimum Gasteiger partial charge on any atom is -0.494 e. The molecule has 1 unspecified atom stereocenters. The smallest absolute Gasteiger partial charge is 0.255 e. The van der Waals surface area contributed by atoms with Crippen molar-refractivity contribution in [1.29, 1.82) is 0 Å². The van der Waals surface area contributed by atoms with Gasteiger partial charge >= 0.3 is 0 Å². The van der Waals surface area contributed by atoms with Crippen molar-refractivity contribution in [3.8, 4) is 5.75 Å². The second-order valence-electron chi connectivity index (χ2n) is 5.58. The fourth-order valence-corrected chi connectivity index (χ4v) is 2.69. The number of methoxy groups -OCH3 is 1. The number of carbonyl (C=O) groups is 1. The van der Waals surface area contributed by atoms with Crippen LogP contribution in [-0.2, 0) is 10.3 Å². The first-order chi connectivity index (χ1) is 11.1. The van der Waals surface area contributed by atoms with Crippen LogP contribution in [0, 0.1) is 12.7 Å². The number of imidazole rings is 1. The monoisotopic (exact) mass is 319 g/mol. The molecule has 1 saturated heterocycles. The maximum Gasteiger partial charge on any atom is 0.255 e. The predicted molar refractivity (Wildman–Crippen MR) is 80.9 cm³/mol. The maximum absolute atomic E-state index is 14.3. The molecule has 1 atom stereocenters. The molecular weight excluding hydrogens is 301 g/mol. The van der Waals surface area contributed by atoms with Gasteiger partial charge < -0.3 is 19.8 Å². The maximum atomic E-state index is 14.3. The average Bonchev–Trinajstić information content (AvgIpc) is 3.17. The molecule has 122 valence electrons. The highest BCUT2D eigenvalue weighted by Gasteiger charge is 2.41. The Morgan fingerprint density at radius 2 is 2.35 bits per heavy atom. The van der Waals surface area contributed by atoms with E-state index in [0.29, 0.717) is 18.9 Å². The first-order valence-corrected chi connectivity index (χ1v) is 7.30. The van der Waals surface area contributed by atoms with Crippen molar-refractivity contribution in [2.45, 2.75) is 18.9 Å². The van der Waals surface area contributed by atoms with Crippen LogP contribution in [0.3, 0.4) is 0 Å². The van der Waals surface area contributed by atoms with E-state index in [1.165, 1.54) is 19.2 Å². The van der Waals surface area contributed by atoms with E-state index in [0.717, 1.165) is 5.69 Å². The van der Waals surface area contributed by atoms with E-state index >= 15 is 0 Å². The number of H-pyrrole nitrogens is 1. The fraction of sp³-hybridized carbons (Fsp3) is 0.375. The van der Waals surface area contributed by atoms with Crippen molar-refractivity contribution in [2.75, 3.05) is 20.3 Å². The van der Waals surface area contributed by atoms with E-state index in [-0.39, 0.29) is 17.9 Å². The zero-order valence-electron chi connectivity index (χ0n) is 13.0. The number of hydrogen-bond donors (Lipinski definition) is 2. The summed E-state index contributed by atoms with van der Waals surface area (Å²) in [6, 6.07) is 4.46. The number of rotatable bonds is 4. The molecule has 2 N–H and O–H groups in total. The van der Waals surface area contributed by atoms with Gasteiger partial charge in [0.1, 0.15) is 11.4 Å². The summed E-state index contributed by atoms with van der Waals surface area (Å²) >= 11 is 0. The molecule has 23 heavy (non-hydrogen) atoms. The highest BCUT2D eigenvalue weighted by molar-refractivity contribution is 5.95. The number of hydrogen-bond acceptors (Lipinski definition) is 4. The Kier molecular flexibility index (Phi) is 4.04. The lowest BCUT2D eigenvalue weighted by Crippen LogP contribution is -2.47. The quantitative estimate of drug-likeness (QED) is 0.902. The summed E-state index contributed by atoms with van der Waals surface area (Å²) in [6.45, 7) is 2.67. The van der Waals surface area contributed by atoms with Crippen LogP contribution in [0.1, 0.15) is 28.3 Å². The number of ether oxygens (including phenoxy) is 2. The topological polar surface area (TPSA) is 76.2 Å². The summed E-state index contributed by atoms with van der Waals surface area (Å²) in [5.41, 5.74) is 0.0351. The van der Waals surface area contributed by atoms with Crippen LogP contribution in [0.5, 0.6) is 5.75 Å². The van der Waals surface area contributed by atoms with Crippen molar-refractivity contribution in [3.05, 3.63) is 47.3 Å². The largest absolute Gasteiger partial charge is 0.494 e. The molecule has 1 aliphatic heterocycles. The second-order valence-corrected chi connectivity index (χ2v) is 5.58. The Morgan fingerprint density at radius 1 is 1.52 bits per heavy atom. The fourth-order valence-electron chi connectivity index (χ4n) is 2.69. The lowest BCUT2D eigenvalue weighted by molar-refractivity contribution is 0.0864. The normalized spacial score (nSPS) is 20.5. The van der Waals surface area contributed by atoms with Gasteiger partial charge in [0.25, 0.3) is 5.91 Å². The highest BCUT2D eigenvalue weighted by Crippen LogP contribution is 2.29. The van der Waals surface area contributed by atoms with Crippen LogP contribution in [-0.4, -0.2) is 36.2 Å². The average molecular weight is 319 g/mol. The molecule has 0 spiro atoms. The van der Waals surface area contributed by atoms with Gasteiger partial charge in [-0.3, -0.25) is 4.79 Å². The number of halogens is 1. The molecular formula is C16H18FN3O3. The molecule has 2 heterocycles. The van der Waals surface area contributed by atoms with Gasteiger partial charge in [0.15, 0.2) is 11.6 Å². The predicted octanol–water partition coefficient (Wildman–Crippen LogP) is 1.91. The SMILES string of the molecule is COc1cccc(C(=O)NC2(c3ncc(C)[nH]3)CCOC2)c1F. The number of aromatic amines is 1. The molecule has 0 radical (unpaired) electrons. The molecule has 0 saturated carbocycles. The molecule has 1 aromatic carbocycles. The van der Waals surface area contributed by atoms with E-state index in [9.17, 15) is 9.18 Å². The number of benzene rings is 1. The molecule has 1 aromatic heterocycles. The summed E-state index contributed by atoms with van der Waals surface area (Å²) in [6.07, 6.45) is 2.25. The third-order valence-corrected chi connectivity index (χ3v) is 3.96. The van der Waals surface area contributed by atoms with E-state index in [1.807, 2.05) is 6.92 Å². The Hall–Kier alpha value is -2.41. The third-order valence-electron chi connectivity index (χ3n) is 3.96. The molecule has 0 aliphatic carbocycles. The minimum absolute atomic E-state index is 0.0308. The van der Waals surface area contributed by atoms with Crippen molar-refractivity contribution in [1.82, 2.24) is 15.3 Å². The van der Waals surface area contributed by atoms with Crippen LogP contribution >= 0.6 is 0 Å². The van der Waals surface area contributed by atoms with E-state index in [2.05, 4.69) is 15.3 Å². The van der Waals surface area contributed by atoms with Crippen LogP contribution in [0.2, 0.25) is 0 Å². The van der Waals surface area contributed by atoms with E-state index < -0.39 is 17.3 Å². The van der Waals surface area contributed by atoms with Crippen LogP contribution in [0.15, 0.2) is 24.4 Å². The Balaban J connectivity index is 1.91. The number of nitrogens with zero attached hydrogens (tertiary/aromatic N) is 1. The van der Waals surface area contributed by atoms with Gasteiger partial charge in [0, 0.05) is 24.9 Å². The van der Waals surface area contributed by atoms with Crippen LogP contribution < -0.4 is 10.1 Å². The number of nitrogens with one attached hydrogen (secondary N) is 2. The molecule has 7 heteroatoms. The van der Waals surface area contributed by atoms with E-state index in [4.69, 9.17) is 9.47 Å².